The van der Waals surface area contributed by atoms with Gasteiger partial charge in [-0.2, -0.15) is 0 Å². The van der Waals surface area contributed by atoms with E-state index in [4.69, 9.17) is 0 Å². The number of nitrogens with one attached hydrogen (secondary N) is 2. The maximum Gasteiger partial charge on any atom is 0.288 e. The molecule has 2 heterocycles. The highest BCUT2D eigenvalue weighted by Crippen LogP contribution is 2.21. The van der Waals surface area contributed by atoms with E-state index < -0.39 is 5.91 Å². The predicted octanol–water partition coefficient (Wildman–Crippen LogP) is 2.37. The second-order valence-corrected chi connectivity index (χ2v) is 6.88. The number of aromatic nitrogens is 1. The predicted molar refractivity (Wildman–Crippen MR) is 109 cm³/mol. The van der Waals surface area contributed by atoms with E-state index in [0.29, 0.717) is 11.9 Å². The molecule has 4 rings (SSSR count). The van der Waals surface area contributed by atoms with Gasteiger partial charge in [-0.1, -0.05) is 36.4 Å². The van der Waals surface area contributed by atoms with Crippen LogP contribution in [0.2, 0.25) is 0 Å². The van der Waals surface area contributed by atoms with Gasteiger partial charge in [0.2, 0.25) is 11.8 Å². The van der Waals surface area contributed by atoms with Crippen LogP contribution in [0.4, 0.5) is 5.69 Å². The van der Waals surface area contributed by atoms with Crippen molar-refractivity contribution in [2.24, 2.45) is 0 Å². The highest BCUT2D eigenvalue weighted by Gasteiger charge is 2.21. The molecule has 2 N–H and O–H groups in total. The number of carbonyl (C=O) groups is 3. The molecule has 7 nitrogen and oxygen atoms in total. The van der Waals surface area contributed by atoms with Crippen LogP contribution in [-0.4, -0.2) is 29.3 Å². The van der Waals surface area contributed by atoms with Crippen LogP contribution >= 0.6 is 0 Å². The first-order valence-electron chi connectivity index (χ1n) is 9.44. The fourth-order valence-corrected chi connectivity index (χ4v) is 3.33. The standard InChI is InChI=1S/C22H20N4O3/c27-20(14-15-7-10-17(11-8-15)26-13-3-6-21(26)28)24-25-22(29)19-12-9-16-4-1-2-5-18(16)23-19/h1-2,4-5,7-12H,3,6,13-14H2,(H,24,27)(H,25,29). The van der Waals surface area contributed by atoms with Crippen molar-refractivity contribution in [2.75, 3.05) is 11.4 Å². The Kier molecular flexibility index (Phi) is 5.20. The molecule has 1 aliphatic heterocycles. The van der Waals surface area contributed by atoms with Gasteiger partial charge in [-0.15, -0.1) is 0 Å². The molecule has 0 saturated carbocycles. The molecule has 1 fully saturated rings. The van der Waals surface area contributed by atoms with Crippen LogP contribution in [0, 0.1) is 0 Å². The summed E-state index contributed by atoms with van der Waals surface area (Å²) in [5.41, 5.74) is 7.37. The van der Waals surface area contributed by atoms with Gasteiger partial charge in [0.15, 0.2) is 0 Å². The number of hydrogen-bond donors (Lipinski definition) is 2. The molecule has 3 amide bonds. The second kappa shape index (κ2) is 8.10. The summed E-state index contributed by atoms with van der Waals surface area (Å²) in [5.74, 6) is -0.698. The van der Waals surface area contributed by atoms with Gasteiger partial charge in [-0.25, -0.2) is 4.98 Å². The minimum Gasteiger partial charge on any atom is -0.312 e. The molecule has 1 saturated heterocycles. The Morgan fingerprint density at radius 1 is 0.966 bits per heavy atom. The third kappa shape index (κ3) is 4.24. The first-order valence-corrected chi connectivity index (χ1v) is 9.44. The van der Waals surface area contributed by atoms with Gasteiger partial charge in [0.1, 0.15) is 5.69 Å². The average Bonchev–Trinajstić information content (AvgIpc) is 3.18. The normalized spacial score (nSPS) is 13.5. The summed E-state index contributed by atoms with van der Waals surface area (Å²) in [5, 5.41) is 0.937. The Bertz CT molecular complexity index is 1080. The highest BCUT2D eigenvalue weighted by atomic mass is 16.2. The molecule has 2 aromatic carbocycles. The van der Waals surface area contributed by atoms with E-state index in [9.17, 15) is 14.4 Å². The number of hydrazine groups is 1. The number of nitrogens with zero attached hydrogens (tertiary/aromatic N) is 2. The lowest BCUT2D eigenvalue weighted by molar-refractivity contribution is -0.121. The van der Waals surface area contributed by atoms with E-state index in [1.54, 1.807) is 11.0 Å². The number of pyridine rings is 1. The van der Waals surface area contributed by atoms with Crippen molar-refractivity contribution < 1.29 is 14.4 Å². The second-order valence-electron chi connectivity index (χ2n) is 6.88. The molecule has 29 heavy (non-hydrogen) atoms. The first-order chi connectivity index (χ1) is 14.1. The zero-order chi connectivity index (χ0) is 20.2. The summed E-state index contributed by atoms with van der Waals surface area (Å²) in [6.07, 6.45) is 1.56. The fraction of sp³-hybridized carbons (Fsp3) is 0.182. The van der Waals surface area contributed by atoms with Crippen LogP contribution in [0.5, 0.6) is 0 Å². The van der Waals surface area contributed by atoms with Crippen LogP contribution in [0.1, 0.15) is 28.9 Å². The van der Waals surface area contributed by atoms with E-state index in [2.05, 4.69) is 15.8 Å². The molecule has 0 bridgehead atoms. The molecule has 1 aliphatic rings. The maximum absolute atomic E-state index is 12.2. The zero-order valence-corrected chi connectivity index (χ0v) is 15.7. The van der Waals surface area contributed by atoms with Gasteiger partial charge < -0.3 is 4.90 Å². The summed E-state index contributed by atoms with van der Waals surface area (Å²) in [6.45, 7) is 0.730. The molecule has 0 spiro atoms. The quantitative estimate of drug-likeness (QED) is 0.672. The van der Waals surface area contributed by atoms with E-state index in [-0.39, 0.29) is 23.9 Å². The molecule has 7 heteroatoms. The summed E-state index contributed by atoms with van der Waals surface area (Å²) in [4.78, 5) is 42.2. The van der Waals surface area contributed by atoms with Crippen LogP contribution in [-0.2, 0) is 16.0 Å². The van der Waals surface area contributed by atoms with Crippen molar-refractivity contribution in [3.05, 3.63) is 71.9 Å². The minimum atomic E-state index is -0.480. The molecule has 0 aliphatic carbocycles. The highest BCUT2D eigenvalue weighted by molar-refractivity contribution is 5.96. The number of fused-ring (bicyclic) bond motifs is 1. The van der Waals surface area contributed by atoms with Gasteiger partial charge in [0.25, 0.3) is 5.91 Å². The fourth-order valence-electron chi connectivity index (χ4n) is 3.33. The van der Waals surface area contributed by atoms with Crippen LogP contribution < -0.4 is 15.8 Å². The largest absolute Gasteiger partial charge is 0.312 e. The average molecular weight is 388 g/mol. The number of anilines is 1. The van der Waals surface area contributed by atoms with E-state index in [1.165, 1.54) is 0 Å². The molecule has 1 aromatic heterocycles. The van der Waals surface area contributed by atoms with Crippen molar-refractivity contribution in [3.63, 3.8) is 0 Å². The van der Waals surface area contributed by atoms with Crippen molar-refractivity contribution in [1.82, 2.24) is 15.8 Å². The smallest absolute Gasteiger partial charge is 0.288 e. The molecule has 0 radical (unpaired) electrons. The topological polar surface area (TPSA) is 91.4 Å². The Labute approximate surface area is 167 Å². The van der Waals surface area contributed by atoms with Gasteiger partial charge in [0, 0.05) is 24.0 Å². The SMILES string of the molecule is O=C(Cc1ccc(N2CCCC2=O)cc1)NNC(=O)c1ccc2ccccc2n1. The Hall–Kier alpha value is -3.74. The van der Waals surface area contributed by atoms with Crippen molar-refractivity contribution in [3.8, 4) is 0 Å². The van der Waals surface area contributed by atoms with Gasteiger partial charge in [-0.3, -0.25) is 25.2 Å². The van der Waals surface area contributed by atoms with Crippen LogP contribution in [0.15, 0.2) is 60.7 Å². The van der Waals surface area contributed by atoms with E-state index in [1.807, 2.05) is 54.6 Å². The van der Waals surface area contributed by atoms with E-state index in [0.717, 1.165) is 29.6 Å². The summed E-state index contributed by atoms with van der Waals surface area (Å²) in [7, 11) is 0. The first kappa shape index (κ1) is 18.6. The number of rotatable bonds is 4. The Morgan fingerprint density at radius 3 is 2.52 bits per heavy atom. The lowest BCUT2D eigenvalue weighted by Gasteiger charge is -2.15. The number of para-hydroxylation sites is 1. The number of amides is 3. The Morgan fingerprint density at radius 2 is 1.76 bits per heavy atom. The van der Waals surface area contributed by atoms with Crippen molar-refractivity contribution in [2.45, 2.75) is 19.3 Å². The lowest BCUT2D eigenvalue weighted by Crippen LogP contribution is -2.42. The number of hydrogen-bond acceptors (Lipinski definition) is 4. The van der Waals surface area contributed by atoms with Crippen molar-refractivity contribution >= 4 is 34.3 Å². The zero-order valence-electron chi connectivity index (χ0n) is 15.7. The third-order valence-electron chi connectivity index (χ3n) is 4.83. The van der Waals surface area contributed by atoms with Gasteiger partial charge in [0.05, 0.1) is 11.9 Å². The minimum absolute atomic E-state index is 0.111. The maximum atomic E-state index is 12.2. The molecular weight excluding hydrogens is 368 g/mol. The van der Waals surface area contributed by atoms with Gasteiger partial charge in [-0.05, 0) is 36.2 Å². The van der Waals surface area contributed by atoms with Crippen LogP contribution in [0.3, 0.4) is 0 Å². The lowest BCUT2D eigenvalue weighted by atomic mass is 10.1. The van der Waals surface area contributed by atoms with Crippen molar-refractivity contribution in [1.29, 1.82) is 0 Å². The summed E-state index contributed by atoms with van der Waals surface area (Å²) < 4.78 is 0. The number of benzene rings is 2. The summed E-state index contributed by atoms with van der Waals surface area (Å²) in [6, 6.07) is 18.2. The van der Waals surface area contributed by atoms with Crippen LogP contribution in [0.25, 0.3) is 10.9 Å². The van der Waals surface area contributed by atoms with Gasteiger partial charge >= 0.3 is 0 Å². The van der Waals surface area contributed by atoms with E-state index >= 15 is 0 Å². The molecule has 0 atom stereocenters. The molecular formula is C22H20N4O3. The Balaban J connectivity index is 1.32. The number of carbonyl (C=O) groups excluding carboxylic acids is 3. The molecule has 0 unspecified atom stereocenters. The molecule has 146 valence electrons. The third-order valence-corrected chi connectivity index (χ3v) is 4.83. The molecule has 3 aromatic rings. The summed E-state index contributed by atoms with van der Waals surface area (Å²) >= 11 is 0. The monoisotopic (exact) mass is 388 g/mol.